The number of hydrogen-bond acceptors (Lipinski definition) is 3. The molecule has 0 saturated heterocycles. The van der Waals surface area contributed by atoms with Crippen molar-refractivity contribution >= 4 is 11.7 Å². The number of anilines is 1. The summed E-state index contributed by atoms with van der Waals surface area (Å²) in [5.41, 5.74) is 3.33. The summed E-state index contributed by atoms with van der Waals surface area (Å²) in [4.78, 5) is 10.3. The van der Waals surface area contributed by atoms with Gasteiger partial charge < -0.3 is 15.5 Å². The summed E-state index contributed by atoms with van der Waals surface area (Å²) < 4.78 is 0. The molecule has 4 heteroatoms. The maximum atomic E-state index is 10.3. The molecule has 0 aromatic heterocycles. The number of aliphatic hydroxyl groups excluding tert-OH is 1. The van der Waals surface area contributed by atoms with Crippen LogP contribution in [0.25, 0.3) is 0 Å². The fraction of sp³-hybridized carbons (Fsp3) is 0.462. The van der Waals surface area contributed by atoms with Crippen molar-refractivity contribution in [3.63, 3.8) is 0 Å². The van der Waals surface area contributed by atoms with Gasteiger partial charge in [0.15, 0.2) is 0 Å². The van der Waals surface area contributed by atoms with Crippen LogP contribution in [0.2, 0.25) is 0 Å². The Morgan fingerprint density at radius 3 is 2.76 bits per heavy atom. The number of carboxylic acids is 1. The van der Waals surface area contributed by atoms with Gasteiger partial charge in [-0.2, -0.15) is 0 Å². The van der Waals surface area contributed by atoms with E-state index in [1.165, 1.54) is 5.56 Å². The molecule has 0 radical (unpaired) electrons. The van der Waals surface area contributed by atoms with Crippen molar-refractivity contribution in [1.82, 2.24) is 0 Å². The van der Waals surface area contributed by atoms with Gasteiger partial charge in [0, 0.05) is 18.7 Å². The predicted octanol–water partition coefficient (Wildman–Crippen LogP) is 1.94. The molecule has 3 N–H and O–H groups in total. The summed E-state index contributed by atoms with van der Waals surface area (Å²) >= 11 is 0. The predicted molar refractivity (Wildman–Crippen MR) is 67.3 cm³/mol. The molecule has 0 fully saturated rings. The molecule has 0 aliphatic heterocycles. The molecule has 0 amide bonds. The lowest BCUT2D eigenvalue weighted by Crippen LogP contribution is -2.20. The highest BCUT2D eigenvalue weighted by Gasteiger charge is 2.08. The minimum atomic E-state index is -0.879. The third kappa shape index (κ3) is 4.44. The maximum Gasteiger partial charge on any atom is 0.303 e. The number of aliphatic carboxylic acids is 1. The zero-order chi connectivity index (χ0) is 12.8. The fourth-order valence-corrected chi connectivity index (χ4v) is 1.56. The van der Waals surface area contributed by atoms with E-state index in [9.17, 15) is 9.90 Å². The van der Waals surface area contributed by atoms with E-state index in [0.29, 0.717) is 6.54 Å². The first kappa shape index (κ1) is 13.5. The summed E-state index contributed by atoms with van der Waals surface area (Å²) in [5, 5.41) is 21.2. The fourth-order valence-electron chi connectivity index (χ4n) is 1.56. The van der Waals surface area contributed by atoms with Gasteiger partial charge in [0.05, 0.1) is 6.10 Å². The van der Waals surface area contributed by atoms with Crippen molar-refractivity contribution in [2.24, 2.45) is 0 Å². The molecule has 0 bridgehead atoms. The first-order valence-corrected chi connectivity index (χ1v) is 5.70. The Balaban J connectivity index is 2.44. The van der Waals surface area contributed by atoms with Crippen LogP contribution in [0, 0.1) is 13.8 Å². The van der Waals surface area contributed by atoms with E-state index in [0.717, 1.165) is 11.3 Å². The maximum absolute atomic E-state index is 10.3. The van der Waals surface area contributed by atoms with Crippen molar-refractivity contribution in [3.8, 4) is 0 Å². The van der Waals surface area contributed by atoms with Crippen LogP contribution in [-0.2, 0) is 4.79 Å². The minimum Gasteiger partial charge on any atom is -0.481 e. The van der Waals surface area contributed by atoms with Gasteiger partial charge in [0.25, 0.3) is 0 Å². The van der Waals surface area contributed by atoms with Crippen LogP contribution in [0.4, 0.5) is 5.69 Å². The van der Waals surface area contributed by atoms with Gasteiger partial charge in [0.1, 0.15) is 0 Å². The summed E-state index contributed by atoms with van der Waals surface area (Å²) in [6, 6.07) is 5.93. The lowest BCUT2D eigenvalue weighted by Gasteiger charge is -2.14. The monoisotopic (exact) mass is 237 g/mol. The lowest BCUT2D eigenvalue weighted by atomic mass is 10.1. The summed E-state index contributed by atoms with van der Waals surface area (Å²) in [6.07, 6.45) is -0.367. The van der Waals surface area contributed by atoms with Crippen LogP contribution in [0.3, 0.4) is 0 Å². The van der Waals surface area contributed by atoms with Gasteiger partial charge in [-0.15, -0.1) is 0 Å². The standard InChI is InChI=1S/C13H19NO3/c1-9-4-3-5-12(10(9)2)14-8-11(15)6-7-13(16)17/h3-5,11,14-15H,6-8H2,1-2H3,(H,16,17). The second kappa shape index (κ2) is 6.25. The van der Waals surface area contributed by atoms with Gasteiger partial charge in [-0.1, -0.05) is 12.1 Å². The molecule has 0 aliphatic carbocycles. The Bertz CT molecular complexity index is 390. The summed E-state index contributed by atoms with van der Waals surface area (Å²) in [7, 11) is 0. The summed E-state index contributed by atoms with van der Waals surface area (Å²) in [6.45, 7) is 4.42. The van der Waals surface area contributed by atoms with Crippen LogP contribution < -0.4 is 5.32 Å². The van der Waals surface area contributed by atoms with E-state index in [1.54, 1.807) is 0 Å². The van der Waals surface area contributed by atoms with Crippen LogP contribution in [0.5, 0.6) is 0 Å². The summed E-state index contributed by atoms with van der Waals surface area (Å²) in [5.74, 6) is -0.879. The molecule has 4 nitrogen and oxygen atoms in total. The van der Waals surface area contributed by atoms with Crippen LogP contribution >= 0.6 is 0 Å². The number of carbonyl (C=O) groups is 1. The van der Waals surface area contributed by atoms with Crippen molar-refractivity contribution in [2.75, 3.05) is 11.9 Å². The molecular formula is C13H19NO3. The van der Waals surface area contributed by atoms with Gasteiger partial charge in [-0.3, -0.25) is 4.79 Å². The number of carboxylic acid groups (broad SMARTS) is 1. The van der Waals surface area contributed by atoms with E-state index >= 15 is 0 Å². The smallest absolute Gasteiger partial charge is 0.303 e. The van der Waals surface area contributed by atoms with Gasteiger partial charge in [-0.05, 0) is 37.5 Å². The number of nitrogens with one attached hydrogen (secondary N) is 1. The molecule has 1 aromatic carbocycles. The largest absolute Gasteiger partial charge is 0.481 e. The van der Waals surface area contributed by atoms with Gasteiger partial charge >= 0.3 is 5.97 Å². The highest BCUT2D eigenvalue weighted by atomic mass is 16.4. The Kier molecular flexibility index (Phi) is 4.97. The Hall–Kier alpha value is -1.55. The van der Waals surface area contributed by atoms with E-state index in [-0.39, 0.29) is 12.8 Å². The van der Waals surface area contributed by atoms with E-state index < -0.39 is 12.1 Å². The molecule has 0 saturated carbocycles. The van der Waals surface area contributed by atoms with E-state index in [4.69, 9.17) is 5.11 Å². The topological polar surface area (TPSA) is 69.6 Å². The van der Waals surface area contributed by atoms with E-state index in [1.807, 2.05) is 32.0 Å². The molecule has 1 aromatic rings. The molecule has 0 spiro atoms. The van der Waals surface area contributed by atoms with Gasteiger partial charge in [-0.25, -0.2) is 0 Å². The first-order chi connectivity index (χ1) is 8.00. The molecule has 1 atom stereocenters. The average molecular weight is 237 g/mol. The Morgan fingerprint density at radius 1 is 1.41 bits per heavy atom. The Labute approximate surface area is 101 Å². The van der Waals surface area contributed by atoms with Crippen LogP contribution in [0.15, 0.2) is 18.2 Å². The molecular weight excluding hydrogens is 218 g/mol. The zero-order valence-electron chi connectivity index (χ0n) is 10.2. The molecule has 1 unspecified atom stereocenters. The Morgan fingerprint density at radius 2 is 2.12 bits per heavy atom. The molecule has 1 rings (SSSR count). The molecule has 17 heavy (non-hydrogen) atoms. The van der Waals surface area contributed by atoms with Crippen molar-refractivity contribution < 1.29 is 15.0 Å². The third-order valence-corrected chi connectivity index (χ3v) is 2.82. The highest BCUT2D eigenvalue weighted by molar-refractivity contribution is 5.66. The SMILES string of the molecule is Cc1cccc(NCC(O)CCC(=O)O)c1C. The molecule has 0 aliphatic rings. The number of aliphatic hydroxyl groups is 1. The quantitative estimate of drug-likeness (QED) is 0.707. The number of hydrogen-bond donors (Lipinski definition) is 3. The van der Waals surface area contributed by atoms with Gasteiger partial charge in [0.2, 0.25) is 0 Å². The molecule has 0 heterocycles. The average Bonchev–Trinajstić information content (AvgIpc) is 2.28. The van der Waals surface area contributed by atoms with E-state index in [2.05, 4.69) is 5.32 Å². The normalized spacial score (nSPS) is 12.2. The number of benzene rings is 1. The van der Waals surface area contributed by atoms with Crippen LogP contribution in [0.1, 0.15) is 24.0 Å². The second-order valence-corrected chi connectivity index (χ2v) is 4.21. The van der Waals surface area contributed by atoms with Crippen molar-refractivity contribution in [3.05, 3.63) is 29.3 Å². The van der Waals surface area contributed by atoms with Crippen LogP contribution in [-0.4, -0.2) is 28.8 Å². The zero-order valence-corrected chi connectivity index (χ0v) is 10.2. The third-order valence-electron chi connectivity index (χ3n) is 2.82. The minimum absolute atomic E-state index is 0.00432. The van der Waals surface area contributed by atoms with Crippen molar-refractivity contribution in [1.29, 1.82) is 0 Å². The second-order valence-electron chi connectivity index (χ2n) is 4.21. The molecule has 94 valence electrons. The number of aryl methyl sites for hydroxylation is 1. The highest BCUT2D eigenvalue weighted by Crippen LogP contribution is 2.17. The van der Waals surface area contributed by atoms with Crippen molar-refractivity contribution in [2.45, 2.75) is 32.8 Å². The first-order valence-electron chi connectivity index (χ1n) is 5.70. The lowest BCUT2D eigenvalue weighted by molar-refractivity contribution is -0.137. The number of rotatable bonds is 6.